The molecule has 0 unspecified atom stereocenters. The molecule has 2 aromatic heterocycles. The summed E-state index contributed by atoms with van der Waals surface area (Å²) in [5.41, 5.74) is 2.08. The van der Waals surface area contributed by atoms with Crippen molar-refractivity contribution in [2.24, 2.45) is 0 Å². The Kier molecular flexibility index (Phi) is 4.70. The highest BCUT2D eigenvalue weighted by Crippen LogP contribution is 2.21. The number of pyridine rings is 1. The first-order chi connectivity index (χ1) is 9.60. The molecule has 0 atom stereocenters. The van der Waals surface area contributed by atoms with Gasteiger partial charge >= 0.3 is 5.97 Å². The zero-order valence-corrected chi connectivity index (χ0v) is 12.2. The van der Waals surface area contributed by atoms with Gasteiger partial charge in [0.2, 0.25) is 5.88 Å². The zero-order valence-electron chi connectivity index (χ0n) is 11.3. The van der Waals surface area contributed by atoms with Gasteiger partial charge in [-0.25, -0.2) is 9.78 Å². The topological polar surface area (TPSA) is 71.5 Å². The van der Waals surface area contributed by atoms with Crippen LogP contribution in [0.1, 0.15) is 25.7 Å². The Labute approximate surface area is 121 Å². The average Bonchev–Trinajstić information content (AvgIpc) is 2.81. The van der Waals surface area contributed by atoms with E-state index in [0.29, 0.717) is 23.8 Å². The van der Waals surface area contributed by atoms with Crippen molar-refractivity contribution in [2.45, 2.75) is 20.0 Å². The van der Waals surface area contributed by atoms with E-state index >= 15 is 0 Å². The van der Waals surface area contributed by atoms with Crippen LogP contribution in [0.25, 0.3) is 0 Å². The van der Waals surface area contributed by atoms with Gasteiger partial charge in [0.05, 0.1) is 7.11 Å². The molecule has 0 fully saturated rings. The van der Waals surface area contributed by atoms with Crippen LogP contribution in [0.5, 0.6) is 5.88 Å². The summed E-state index contributed by atoms with van der Waals surface area (Å²) in [6.07, 6.45) is 1.76. The van der Waals surface area contributed by atoms with Gasteiger partial charge < -0.3 is 15.2 Å². The summed E-state index contributed by atoms with van der Waals surface area (Å²) >= 11 is 1.31. The summed E-state index contributed by atoms with van der Waals surface area (Å²) in [5, 5.41) is 12.2. The Balaban J connectivity index is 1.90. The van der Waals surface area contributed by atoms with Crippen LogP contribution in [-0.4, -0.2) is 23.2 Å². The maximum atomic E-state index is 10.9. The maximum Gasteiger partial charge on any atom is 0.345 e. The van der Waals surface area contributed by atoms with Crippen LogP contribution in [0, 0.1) is 6.92 Å². The van der Waals surface area contributed by atoms with Crippen molar-refractivity contribution in [3.8, 4) is 5.88 Å². The summed E-state index contributed by atoms with van der Waals surface area (Å²) < 4.78 is 5.00. The molecular weight excluding hydrogens is 276 g/mol. The first-order valence-corrected chi connectivity index (χ1v) is 6.94. The molecule has 2 heterocycles. The first-order valence-electron chi connectivity index (χ1n) is 6.12. The van der Waals surface area contributed by atoms with Crippen molar-refractivity contribution in [3.05, 3.63) is 45.3 Å². The van der Waals surface area contributed by atoms with Gasteiger partial charge in [0.25, 0.3) is 0 Å². The van der Waals surface area contributed by atoms with Crippen molar-refractivity contribution in [2.75, 3.05) is 7.11 Å². The van der Waals surface area contributed by atoms with Gasteiger partial charge in [-0.1, -0.05) is 6.07 Å². The predicted molar refractivity (Wildman–Crippen MR) is 77.3 cm³/mol. The van der Waals surface area contributed by atoms with Gasteiger partial charge in [-0.2, -0.15) is 0 Å². The highest BCUT2D eigenvalue weighted by Gasteiger charge is 2.10. The molecule has 0 bridgehead atoms. The minimum Gasteiger partial charge on any atom is -0.481 e. The molecule has 0 saturated heterocycles. The number of aryl methyl sites for hydroxylation is 1. The molecule has 0 saturated carbocycles. The van der Waals surface area contributed by atoms with Crippen LogP contribution < -0.4 is 10.1 Å². The fourth-order valence-electron chi connectivity index (χ4n) is 1.78. The van der Waals surface area contributed by atoms with Crippen LogP contribution in [0.2, 0.25) is 0 Å². The molecule has 0 aliphatic rings. The van der Waals surface area contributed by atoms with Gasteiger partial charge in [0.1, 0.15) is 4.88 Å². The fourth-order valence-corrected chi connectivity index (χ4v) is 2.66. The number of nitrogens with zero attached hydrogens (tertiary/aromatic N) is 1. The number of hydrogen-bond donors (Lipinski definition) is 2. The Hall–Kier alpha value is -1.92. The third kappa shape index (κ3) is 3.55. The van der Waals surface area contributed by atoms with Crippen LogP contribution in [0.3, 0.4) is 0 Å². The normalized spacial score (nSPS) is 10.5. The smallest absolute Gasteiger partial charge is 0.345 e. The van der Waals surface area contributed by atoms with Crippen molar-refractivity contribution in [1.29, 1.82) is 0 Å². The van der Waals surface area contributed by atoms with Gasteiger partial charge in [0, 0.05) is 30.2 Å². The van der Waals surface area contributed by atoms with Gasteiger partial charge in [-0.05, 0) is 24.1 Å². The lowest BCUT2D eigenvalue weighted by Crippen LogP contribution is -2.13. The molecule has 2 rings (SSSR count). The number of ether oxygens (including phenoxy) is 1. The largest absolute Gasteiger partial charge is 0.481 e. The highest BCUT2D eigenvalue weighted by atomic mass is 32.1. The molecule has 0 radical (unpaired) electrons. The second-order valence-electron chi connectivity index (χ2n) is 4.31. The molecule has 0 spiro atoms. The van der Waals surface area contributed by atoms with Gasteiger partial charge in [0.15, 0.2) is 0 Å². The quantitative estimate of drug-likeness (QED) is 0.855. The van der Waals surface area contributed by atoms with Crippen molar-refractivity contribution in [1.82, 2.24) is 10.3 Å². The number of carboxylic acid groups (broad SMARTS) is 1. The molecule has 0 aliphatic heterocycles. The minimum atomic E-state index is -0.872. The van der Waals surface area contributed by atoms with E-state index in [4.69, 9.17) is 9.84 Å². The molecular formula is C14H16N2O3S. The lowest BCUT2D eigenvalue weighted by Gasteiger charge is -2.05. The summed E-state index contributed by atoms with van der Waals surface area (Å²) in [4.78, 5) is 16.4. The van der Waals surface area contributed by atoms with E-state index in [1.165, 1.54) is 11.3 Å². The van der Waals surface area contributed by atoms with Gasteiger partial charge in [-0.3, -0.25) is 0 Å². The minimum absolute atomic E-state index is 0.380. The Bertz CT molecular complexity index is 593. The number of rotatable bonds is 6. The van der Waals surface area contributed by atoms with Crippen molar-refractivity contribution < 1.29 is 14.6 Å². The van der Waals surface area contributed by atoms with E-state index in [1.54, 1.807) is 19.4 Å². The molecule has 6 heteroatoms. The second-order valence-corrected chi connectivity index (χ2v) is 5.57. The lowest BCUT2D eigenvalue weighted by atomic mass is 10.2. The van der Waals surface area contributed by atoms with E-state index in [-0.39, 0.29) is 0 Å². The Morgan fingerprint density at radius 1 is 1.45 bits per heavy atom. The number of aromatic carboxylic acids is 1. The molecule has 5 nitrogen and oxygen atoms in total. The second kappa shape index (κ2) is 6.49. The predicted octanol–water partition coefficient (Wildman–Crippen LogP) is 2.45. The molecule has 2 N–H and O–H groups in total. The fraction of sp³-hybridized carbons (Fsp3) is 0.286. The van der Waals surface area contributed by atoms with Crippen LogP contribution in [0.4, 0.5) is 0 Å². The molecule has 20 heavy (non-hydrogen) atoms. The van der Waals surface area contributed by atoms with Crippen LogP contribution in [-0.2, 0) is 13.1 Å². The van der Waals surface area contributed by atoms with Crippen molar-refractivity contribution >= 4 is 17.3 Å². The molecule has 0 aromatic carbocycles. The molecule has 0 aliphatic carbocycles. The summed E-state index contributed by atoms with van der Waals surface area (Å²) in [6, 6.07) is 5.49. The Morgan fingerprint density at radius 3 is 2.80 bits per heavy atom. The van der Waals surface area contributed by atoms with Crippen molar-refractivity contribution in [3.63, 3.8) is 0 Å². The molecule has 2 aromatic rings. The Morgan fingerprint density at radius 2 is 2.25 bits per heavy atom. The number of nitrogens with one attached hydrogen (secondary N) is 1. The third-order valence-corrected chi connectivity index (χ3v) is 3.96. The SMILES string of the molecule is COc1ccc(CNCc2cc(C(=O)O)sc2C)cn1. The number of aromatic nitrogens is 1. The first kappa shape index (κ1) is 14.5. The maximum absolute atomic E-state index is 10.9. The number of hydrogen-bond acceptors (Lipinski definition) is 5. The number of carboxylic acids is 1. The monoisotopic (exact) mass is 292 g/mol. The van der Waals surface area contributed by atoms with E-state index in [1.807, 2.05) is 19.1 Å². The van der Waals surface area contributed by atoms with Crippen LogP contribution >= 0.6 is 11.3 Å². The van der Waals surface area contributed by atoms with E-state index < -0.39 is 5.97 Å². The standard InChI is InChI=1S/C14H16N2O3S/c1-9-11(5-12(20-9)14(17)18)8-15-6-10-3-4-13(19-2)16-7-10/h3-5,7,15H,6,8H2,1-2H3,(H,17,18). The third-order valence-electron chi connectivity index (χ3n) is 2.88. The lowest BCUT2D eigenvalue weighted by molar-refractivity contribution is 0.0702. The number of thiophene rings is 1. The zero-order chi connectivity index (χ0) is 14.5. The number of carbonyl (C=O) groups is 1. The van der Waals surface area contributed by atoms with E-state index in [9.17, 15) is 4.79 Å². The van der Waals surface area contributed by atoms with Gasteiger partial charge in [-0.15, -0.1) is 11.3 Å². The number of methoxy groups -OCH3 is 1. The van der Waals surface area contributed by atoms with E-state index in [0.717, 1.165) is 16.0 Å². The van der Waals surface area contributed by atoms with Crippen LogP contribution in [0.15, 0.2) is 24.4 Å². The summed E-state index contributed by atoms with van der Waals surface area (Å²) in [5.74, 6) is -0.280. The summed E-state index contributed by atoms with van der Waals surface area (Å²) in [7, 11) is 1.58. The summed E-state index contributed by atoms with van der Waals surface area (Å²) in [6.45, 7) is 3.25. The average molecular weight is 292 g/mol. The van der Waals surface area contributed by atoms with E-state index in [2.05, 4.69) is 10.3 Å². The molecule has 0 amide bonds. The molecule has 106 valence electrons. The highest BCUT2D eigenvalue weighted by molar-refractivity contribution is 7.14.